The molecule has 282 valence electrons. The molecule has 1 aromatic carbocycles. The molecule has 0 aromatic heterocycles. The van der Waals surface area contributed by atoms with Crippen LogP contribution >= 0.6 is 0 Å². The zero-order valence-corrected chi connectivity index (χ0v) is 32.9. The molecule has 0 atom stereocenters. The van der Waals surface area contributed by atoms with Gasteiger partial charge in [0.25, 0.3) is 0 Å². The lowest BCUT2D eigenvalue weighted by Crippen LogP contribution is -2.44. The third-order valence-corrected chi connectivity index (χ3v) is 14.7. The highest BCUT2D eigenvalue weighted by Gasteiger charge is 2.35. The first-order chi connectivity index (χ1) is 25.1. The van der Waals surface area contributed by atoms with E-state index in [2.05, 4.69) is 32.9 Å². The average molecular weight is 694 g/mol. The molecule has 6 fully saturated rings. The Bertz CT molecular complexity index is 1050. The summed E-state index contributed by atoms with van der Waals surface area (Å²) in [7, 11) is 0. The second-order valence-corrected chi connectivity index (χ2v) is 18.1. The van der Waals surface area contributed by atoms with Gasteiger partial charge in [-0.1, -0.05) is 135 Å². The molecule has 0 saturated heterocycles. The van der Waals surface area contributed by atoms with E-state index in [4.69, 9.17) is 19.7 Å². The molecular weight excluding hydrogens is 619 g/mol. The summed E-state index contributed by atoms with van der Waals surface area (Å²) in [5, 5.41) is 0. The van der Waals surface area contributed by atoms with Gasteiger partial charge >= 0.3 is 0 Å². The van der Waals surface area contributed by atoms with Crippen molar-refractivity contribution in [1.82, 2.24) is 14.7 Å². The van der Waals surface area contributed by atoms with Crippen LogP contribution in [0.2, 0.25) is 0 Å². The van der Waals surface area contributed by atoms with Crippen LogP contribution < -0.4 is 0 Å². The van der Waals surface area contributed by atoms with Gasteiger partial charge in [0.15, 0.2) is 0 Å². The molecule has 7 rings (SSSR count). The summed E-state index contributed by atoms with van der Waals surface area (Å²) in [5.74, 6) is 0. The predicted molar refractivity (Wildman–Crippen MR) is 220 cm³/mol. The van der Waals surface area contributed by atoms with Gasteiger partial charge in [0.2, 0.25) is 0 Å². The summed E-state index contributed by atoms with van der Waals surface area (Å²) in [6.45, 7) is 15.2. The van der Waals surface area contributed by atoms with Crippen molar-refractivity contribution in [3.63, 3.8) is 0 Å². The van der Waals surface area contributed by atoms with Crippen LogP contribution in [0.5, 0.6) is 0 Å². The van der Waals surface area contributed by atoms with E-state index in [1.807, 2.05) is 0 Å². The van der Waals surface area contributed by atoms with Gasteiger partial charge in [-0.3, -0.25) is 0 Å². The second-order valence-electron chi connectivity index (χ2n) is 18.1. The molecular formula is C48H75N3. The Kier molecular flexibility index (Phi) is 13.3. The maximum absolute atomic E-state index is 5.07. The van der Waals surface area contributed by atoms with Crippen molar-refractivity contribution < 1.29 is 0 Å². The lowest BCUT2D eigenvalue weighted by Gasteiger charge is -2.46. The highest BCUT2D eigenvalue weighted by atomic mass is 15.2. The van der Waals surface area contributed by atoms with E-state index in [0.717, 1.165) is 0 Å². The molecule has 1 aromatic rings. The molecule has 0 amide bonds. The van der Waals surface area contributed by atoms with E-state index < -0.39 is 0 Å². The first-order valence-electron chi connectivity index (χ1n) is 22.7. The topological polar surface area (TPSA) is 9.72 Å². The monoisotopic (exact) mass is 694 g/mol. The Labute approximate surface area is 314 Å². The Hall–Kier alpha value is -2.16. The molecule has 3 heteroatoms. The van der Waals surface area contributed by atoms with Crippen LogP contribution in [0.1, 0.15) is 209 Å². The van der Waals surface area contributed by atoms with E-state index in [0.29, 0.717) is 36.3 Å². The number of benzene rings is 1. The molecule has 0 radical (unpaired) electrons. The van der Waals surface area contributed by atoms with Crippen LogP contribution in [-0.4, -0.2) is 51.0 Å². The second kappa shape index (κ2) is 18.2. The standard InChI is InChI=1S/C48H75N3/c1-37(49(43-22-10-4-11-23-43)44-24-12-5-13-25-44)40-34-41(38(2)50(45-26-14-6-15-27-45)46-28-16-7-17-29-46)36-42(35-40)39(3)51(47-30-18-8-19-31-47)48-32-20-9-21-33-48/h34-36,43-48H,1-33H2. The lowest BCUT2D eigenvalue weighted by molar-refractivity contribution is 0.145. The minimum Gasteiger partial charge on any atom is -0.366 e. The van der Waals surface area contributed by atoms with Crippen molar-refractivity contribution >= 4 is 17.1 Å². The maximum Gasteiger partial charge on any atom is 0.0372 e. The fourth-order valence-corrected chi connectivity index (χ4v) is 11.9. The number of hydrogen-bond donors (Lipinski definition) is 0. The van der Waals surface area contributed by atoms with Crippen LogP contribution in [-0.2, 0) is 0 Å². The summed E-state index contributed by atoms with van der Waals surface area (Å²) >= 11 is 0. The Morgan fingerprint density at radius 3 is 0.608 bits per heavy atom. The van der Waals surface area contributed by atoms with Crippen LogP contribution in [0.4, 0.5) is 0 Å². The van der Waals surface area contributed by atoms with Gasteiger partial charge in [-0.05, 0) is 112 Å². The highest BCUT2D eigenvalue weighted by molar-refractivity contribution is 5.76. The predicted octanol–water partition coefficient (Wildman–Crippen LogP) is 13.5. The summed E-state index contributed by atoms with van der Waals surface area (Å²) in [4.78, 5) is 8.65. The molecule has 6 aliphatic rings. The van der Waals surface area contributed by atoms with Gasteiger partial charge in [-0.2, -0.15) is 0 Å². The lowest BCUT2D eigenvalue weighted by atomic mass is 9.85. The maximum atomic E-state index is 5.07. The first-order valence-corrected chi connectivity index (χ1v) is 22.7. The van der Waals surface area contributed by atoms with Crippen molar-refractivity contribution in [2.75, 3.05) is 0 Å². The first kappa shape index (κ1) is 37.2. The summed E-state index contributed by atoms with van der Waals surface area (Å²) in [5.41, 5.74) is 7.92. The third-order valence-electron chi connectivity index (χ3n) is 14.7. The van der Waals surface area contributed by atoms with Gasteiger partial charge in [0.05, 0.1) is 0 Å². The molecule has 0 aliphatic heterocycles. The minimum absolute atomic E-state index is 0.634. The molecule has 0 spiro atoms. The normalized spacial score (nSPS) is 24.2. The van der Waals surface area contributed by atoms with Gasteiger partial charge in [-0.25, -0.2) is 0 Å². The fraction of sp³-hybridized carbons (Fsp3) is 0.750. The number of rotatable bonds is 12. The van der Waals surface area contributed by atoms with E-state index in [1.165, 1.54) is 226 Å². The molecule has 6 aliphatic carbocycles. The van der Waals surface area contributed by atoms with Gasteiger partial charge < -0.3 is 14.7 Å². The third kappa shape index (κ3) is 8.97. The zero-order valence-electron chi connectivity index (χ0n) is 32.9. The van der Waals surface area contributed by atoms with Crippen molar-refractivity contribution in [2.24, 2.45) is 0 Å². The van der Waals surface area contributed by atoms with E-state index in [9.17, 15) is 0 Å². The van der Waals surface area contributed by atoms with Crippen LogP contribution in [0.3, 0.4) is 0 Å². The van der Waals surface area contributed by atoms with E-state index in [-0.39, 0.29) is 0 Å². The zero-order chi connectivity index (χ0) is 35.0. The van der Waals surface area contributed by atoms with Crippen LogP contribution in [0.25, 0.3) is 17.1 Å². The SMILES string of the molecule is C=C(c1cc(C(=C)N(C2CCCCC2)C2CCCCC2)cc(C(=C)N(C2CCCCC2)C2CCCCC2)c1)N(C1CCCCC1)C1CCCCC1. The largest absolute Gasteiger partial charge is 0.366 e. The Balaban J connectivity index is 1.29. The van der Waals surface area contributed by atoms with Gasteiger partial charge in [0.1, 0.15) is 0 Å². The summed E-state index contributed by atoms with van der Waals surface area (Å²) in [6.07, 6.45) is 40.8. The quantitative estimate of drug-likeness (QED) is 0.216. The molecule has 3 nitrogen and oxygen atoms in total. The number of hydrogen-bond acceptors (Lipinski definition) is 3. The van der Waals surface area contributed by atoms with Crippen molar-refractivity contribution in [2.45, 2.75) is 229 Å². The molecule has 0 heterocycles. The Morgan fingerprint density at radius 2 is 0.451 bits per heavy atom. The summed E-state index contributed by atoms with van der Waals surface area (Å²) in [6, 6.07) is 11.4. The fourth-order valence-electron chi connectivity index (χ4n) is 11.9. The smallest absolute Gasteiger partial charge is 0.0372 e. The van der Waals surface area contributed by atoms with E-state index in [1.54, 1.807) is 0 Å². The molecule has 6 saturated carbocycles. The van der Waals surface area contributed by atoms with Crippen LogP contribution in [0, 0.1) is 0 Å². The van der Waals surface area contributed by atoms with Crippen LogP contribution in [0.15, 0.2) is 37.9 Å². The molecule has 0 bridgehead atoms. The van der Waals surface area contributed by atoms with Gasteiger partial charge in [-0.15, -0.1) is 0 Å². The van der Waals surface area contributed by atoms with E-state index >= 15 is 0 Å². The molecule has 0 N–H and O–H groups in total. The highest BCUT2D eigenvalue weighted by Crippen LogP contribution is 2.42. The number of nitrogens with zero attached hydrogens (tertiary/aromatic N) is 3. The molecule has 0 unspecified atom stereocenters. The molecule has 51 heavy (non-hydrogen) atoms. The Morgan fingerprint density at radius 1 is 0.294 bits per heavy atom. The average Bonchev–Trinajstić information content (AvgIpc) is 3.20. The van der Waals surface area contributed by atoms with Crippen molar-refractivity contribution in [3.8, 4) is 0 Å². The van der Waals surface area contributed by atoms with Crippen molar-refractivity contribution in [1.29, 1.82) is 0 Å². The minimum atomic E-state index is 0.634. The van der Waals surface area contributed by atoms with Gasteiger partial charge in [0, 0.05) is 53.3 Å². The van der Waals surface area contributed by atoms with Crippen molar-refractivity contribution in [3.05, 3.63) is 54.6 Å². The summed E-state index contributed by atoms with van der Waals surface area (Å²) < 4.78 is 0.